The van der Waals surface area contributed by atoms with Gasteiger partial charge in [-0.15, -0.1) is 0 Å². The second kappa shape index (κ2) is 9.93. The molecule has 0 N–H and O–H groups in total. The van der Waals surface area contributed by atoms with E-state index in [0.29, 0.717) is 5.56 Å². The predicted molar refractivity (Wildman–Crippen MR) is 190 cm³/mol. The van der Waals surface area contributed by atoms with Crippen molar-refractivity contribution in [2.45, 2.75) is 0 Å². The zero-order valence-corrected chi connectivity index (χ0v) is 23.6. The van der Waals surface area contributed by atoms with Crippen LogP contribution >= 0.6 is 0 Å². The molecule has 0 nitrogen and oxygen atoms in total. The van der Waals surface area contributed by atoms with Crippen LogP contribution in [0.2, 0.25) is 0 Å². The molecule has 9 rings (SSSR count). The van der Waals surface area contributed by atoms with Gasteiger partial charge in [-0.25, -0.2) is 0 Å². The monoisotopic (exact) mass is 563 g/mol. The minimum atomic E-state index is -0.465. The highest BCUT2D eigenvalue weighted by atomic mass is 14.2. The third-order valence-corrected chi connectivity index (χ3v) is 8.75. The maximum Gasteiger partial charge on any atom is 0.0629 e. The summed E-state index contributed by atoms with van der Waals surface area (Å²) in [6.45, 7) is 0. The second-order valence-electron chi connectivity index (χ2n) is 11.1. The molecule has 0 unspecified atom stereocenters. The van der Waals surface area contributed by atoms with Gasteiger partial charge in [-0.2, -0.15) is 0 Å². The van der Waals surface area contributed by atoms with Crippen LogP contribution in [0.15, 0.2) is 170 Å². The number of rotatable bonds is 3. The molecule has 0 heterocycles. The van der Waals surface area contributed by atoms with Gasteiger partial charge >= 0.3 is 0 Å². The summed E-state index contributed by atoms with van der Waals surface area (Å²) in [5, 5.41) is 7.98. The van der Waals surface area contributed by atoms with Crippen molar-refractivity contribution in [3.8, 4) is 33.4 Å². The second-order valence-corrected chi connectivity index (χ2v) is 11.1. The van der Waals surface area contributed by atoms with Crippen LogP contribution < -0.4 is 0 Å². The van der Waals surface area contributed by atoms with Gasteiger partial charge in [-0.1, -0.05) is 164 Å². The first-order chi connectivity index (χ1) is 24.8. The Balaban J connectivity index is 1.41. The largest absolute Gasteiger partial charge is 0.0629 e. The molecule has 0 aromatic heterocycles. The normalized spacial score (nSPS) is 13.9. The Kier molecular flexibility index (Phi) is 4.23. The van der Waals surface area contributed by atoms with Gasteiger partial charge in [-0.3, -0.25) is 0 Å². The lowest BCUT2D eigenvalue weighted by molar-refractivity contribution is 1.66. The van der Waals surface area contributed by atoms with Gasteiger partial charge in [0.2, 0.25) is 0 Å². The van der Waals surface area contributed by atoms with E-state index in [1.165, 1.54) is 10.8 Å². The Morgan fingerprint density at radius 3 is 1.55 bits per heavy atom. The van der Waals surface area contributed by atoms with E-state index < -0.39 is 12.1 Å². The van der Waals surface area contributed by atoms with Crippen LogP contribution in [0.1, 0.15) is 9.60 Å². The Labute approximate surface area is 266 Å². The number of fused-ring (bicyclic) bond motifs is 5. The van der Waals surface area contributed by atoms with E-state index in [-0.39, 0.29) is 46.5 Å². The Hall–Kier alpha value is -5.72. The summed E-state index contributed by atoms with van der Waals surface area (Å²) in [6.07, 6.45) is 0. The molecule has 0 saturated heterocycles. The Bertz CT molecular complexity index is 2880. The minimum absolute atomic E-state index is 0.0514. The van der Waals surface area contributed by atoms with Crippen molar-refractivity contribution >= 4 is 53.9 Å². The SMILES string of the molecule is [2H]c1c([2H])c([2H])c2c(-c3c4ccccc4c(-c4ccc(-c5ccc6ccccc6c5)c5ccccc45)c4ccccc34)c([2H])c([2H])c([2H])c2c1[2H]. The van der Waals surface area contributed by atoms with Crippen molar-refractivity contribution in [3.05, 3.63) is 170 Å². The molecule has 0 amide bonds. The fourth-order valence-corrected chi connectivity index (χ4v) is 6.81. The highest BCUT2D eigenvalue weighted by Gasteiger charge is 2.19. The summed E-state index contributed by atoms with van der Waals surface area (Å²) < 4.78 is 61.3. The minimum Gasteiger partial charge on any atom is -0.0616 e. The molecule has 0 aliphatic rings. The van der Waals surface area contributed by atoms with Gasteiger partial charge in [0.25, 0.3) is 0 Å². The van der Waals surface area contributed by atoms with E-state index >= 15 is 0 Å². The molecule has 0 heteroatoms. The molecule has 44 heavy (non-hydrogen) atoms. The Morgan fingerprint density at radius 1 is 0.318 bits per heavy atom. The van der Waals surface area contributed by atoms with E-state index in [4.69, 9.17) is 8.22 Å². The van der Waals surface area contributed by atoms with Crippen LogP contribution in [0, 0.1) is 0 Å². The lowest BCUT2D eigenvalue weighted by Crippen LogP contribution is -1.93. The number of hydrogen-bond donors (Lipinski definition) is 0. The maximum atomic E-state index is 9.22. The Morgan fingerprint density at radius 2 is 0.841 bits per heavy atom. The van der Waals surface area contributed by atoms with Crippen molar-refractivity contribution in [2.24, 2.45) is 0 Å². The fraction of sp³-hybridized carbons (Fsp3) is 0. The molecule has 0 fully saturated rings. The first kappa shape index (κ1) is 18.7. The molecule has 0 radical (unpaired) electrons. The van der Waals surface area contributed by atoms with E-state index in [2.05, 4.69) is 72.8 Å². The first-order valence-electron chi connectivity index (χ1n) is 18.2. The van der Waals surface area contributed by atoms with E-state index in [9.17, 15) is 1.37 Å². The topological polar surface area (TPSA) is 0 Å². The van der Waals surface area contributed by atoms with E-state index in [0.717, 1.165) is 54.6 Å². The summed E-state index contributed by atoms with van der Waals surface area (Å²) in [5.41, 5.74) is 5.14. The van der Waals surface area contributed by atoms with E-state index in [1.807, 2.05) is 54.6 Å². The predicted octanol–water partition coefficient (Wildman–Crippen LogP) is 12.5. The fourth-order valence-electron chi connectivity index (χ4n) is 6.81. The summed E-state index contributed by atoms with van der Waals surface area (Å²) in [7, 11) is 0. The standard InChI is InChI=1S/C44H28/c1-2-14-31-28-32(25-24-29(31)12-1)34-26-27-42(36-18-6-5-17-35(34)36)44-40-21-9-7-19-38(40)43(39-20-8-10-22-41(39)44)37-23-11-15-30-13-3-4-16-33(30)37/h1-28H/i3D,4D,11D,13D,15D,16D,23D. The van der Waals surface area contributed by atoms with Crippen molar-refractivity contribution in [3.63, 3.8) is 0 Å². The molecule has 9 aromatic rings. The lowest BCUT2D eigenvalue weighted by atomic mass is 9.83. The third-order valence-electron chi connectivity index (χ3n) is 8.75. The summed E-state index contributed by atoms with van der Waals surface area (Å²) >= 11 is 0. The van der Waals surface area contributed by atoms with Gasteiger partial charge in [0.1, 0.15) is 0 Å². The van der Waals surface area contributed by atoms with Gasteiger partial charge in [0.05, 0.1) is 9.60 Å². The van der Waals surface area contributed by atoms with Crippen molar-refractivity contribution in [2.75, 3.05) is 0 Å². The van der Waals surface area contributed by atoms with Crippen LogP contribution in [0.5, 0.6) is 0 Å². The van der Waals surface area contributed by atoms with Crippen LogP contribution in [0.3, 0.4) is 0 Å². The molecule has 0 aliphatic carbocycles. The van der Waals surface area contributed by atoms with Crippen LogP contribution in [-0.2, 0) is 0 Å². The molecule has 0 aliphatic heterocycles. The number of benzene rings is 9. The molecular weight excluding hydrogens is 528 g/mol. The summed E-state index contributed by atoms with van der Waals surface area (Å²) in [4.78, 5) is 0. The van der Waals surface area contributed by atoms with Crippen LogP contribution in [-0.4, -0.2) is 0 Å². The maximum absolute atomic E-state index is 9.22. The lowest BCUT2D eigenvalue weighted by Gasteiger charge is -2.20. The summed E-state index contributed by atoms with van der Waals surface area (Å²) in [6, 6.07) is 40.9. The number of hydrogen-bond acceptors (Lipinski definition) is 0. The quantitative estimate of drug-likeness (QED) is 0.188. The van der Waals surface area contributed by atoms with Crippen molar-refractivity contribution < 1.29 is 9.60 Å². The molecule has 0 bridgehead atoms. The van der Waals surface area contributed by atoms with E-state index in [1.54, 1.807) is 0 Å². The van der Waals surface area contributed by atoms with Crippen LogP contribution in [0.4, 0.5) is 0 Å². The smallest absolute Gasteiger partial charge is 0.0616 e. The molecule has 0 atom stereocenters. The van der Waals surface area contributed by atoms with Crippen LogP contribution in [0.25, 0.3) is 87.2 Å². The van der Waals surface area contributed by atoms with Gasteiger partial charge in [0.15, 0.2) is 0 Å². The average Bonchev–Trinajstić information content (AvgIpc) is 3.17. The van der Waals surface area contributed by atoms with Crippen molar-refractivity contribution in [1.29, 1.82) is 0 Å². The molecule has 9 aromatic carbocycles. The van der Waals surface area contributed by atoms with Gasteiger partial charge in [0, 0.05) is 0 Å². The average molecular weight is 564 g/mol. The molecule has 204 valence electrons. The zero-order valence-electron chi connectivity index (χ0n) is 30.6. The summed E-state index contributed by atoms with van der Waals surface area (Å²) in [5.74, 6) is 0. The zero-order chi connectivity index (χ0) is 35.1. The molecule has 0 saturated carbocycles. The highest BCUT2D eigenvalue weighted by Crippen LogP contribution is 2.47. The third kappa shape index (κ3) is 3.78. The molecule has 0 spiro atoms. The molecular formula is C44H28. The highest BCUT2D eigenvalue weighted by molar-refractivity contribution is 6.25. The first-order valence-corrected chi connectivity index (χ1v) is 14.7. The van der Waals surface area contributed by atoms with Gasteiger partial charge < -0.3 is 0 Å². The van der Waals surface area contributed by atoms with Crippen molar-refractivity contribution in [1.82, 2.24) is 0 Å². The van der Waals surface area contributed by atoms with Gasteiger partial charge in [-0.05, 0) is 93.3 Å².